The predicted molar refractivity (Wildman–Crippen MR) is 121 cm³/mol. The predicted octanol–water partition coefficient (Wildman–Crippen LogP) is 3.61. The van der Waals surface area contributed by atoms with E-state index >= 15 is 0 Å². The molecule has 1 fully saturated rings. The summed E-state index contributed by atoms with van der Waals surface area (Å²) < 4.78 is 38.8. The first kappa shape index (κ1) is 23.6. The van der Waals surface area contributed by atoms with Crippen molar-refractivity contribution < 1.29 is 27.5 Å². The highest BCUT2D eigenvalue weighted by molar-refractivity contribution is 7.92. The molecule has 8 nitrogen and oxygen atoms in total. The fourth-order valence-corrected chi connectivity index (χ4v) is 4.90. The average Bonchev–Trinajstić information content (AvgIpc) is 3.08. The van der Waals surface area contributed by atoms with Crippen molar-refractivity contribution >= 4 is 27.6 Å². The Morgan fingerprint density at radius 1 is 0.969 bits per heavy atom. The fourth-order valence-electron chi connectivity index (χ4n) is 3.75. The van der Waals surface area contributed by atoms with E-state index in [1.165, 1.54) is 32.4 Å². The van der Waals surface area contributed by atoms with Crippen LogP contribution in [0.4, 0.5) is 5.69 Å². The topological polar surface area (TPSA) is 102 Å². The number of nitrogens with one attached hydrogen (secondary N) is 1. The molecule has 2 aromatic rings. The molecule has 172 valence electrons. The molecule has 32 heavy (non-hydrogen) atoms. The van der Waals surface area contributed by atoms with Crippen LogP contribution in [0.15, 0.2) is 41.3 Å². The maximum Gasteiger partial charge on any atom is 0.338 e. The minimum absolute atomic E-state index is 0.0701. The Kier molecular flexibility index (Phi) is 7.40. The quantitative estimate of drug-likeness (QED) is 0.661. The molecule has 1 saturated heterocycles. The standard InChI is InChI=1S/C23H28N2O6S/c1-16-18(23(27)31-3)9-8-10-20(16)24-32(28,29)17-11-12-21(30-2)19(15-17)22(26)25-13-6-4-5-7-14-25/h8-12,15,24H,4-7,13-14H2,1-3H3. The lowest BCUT2D eigenvalue weighted by atomic mass is 10.1. The number of esters is 1. The van der Waals surface area contributed by atoms with E-state index < -0.39 is 16.0 Å². The number of anilines is 1. The summed E-state index contributed by atoms with van der Waals surface area (Å²) in [7, 11) is -1.32. The second-order valence-electron chi connectivity index (χ2n) is 7.64. The molecule has 0 bridgehead atoms. The number of hydrogen-bond acceptors (Lipinski definition) is 6. The molecule has 3 rings (SSSR count). The minimum atomic E-state index is -4.03. The van der Waals surface area contributed by atoms with Gasteiger partial charge in [-0.15, -0.1) is 0 Å². The monoisotopic (exact) mass is 460 g/mol. The van der Waals surface area contributed by atoms with Crippen LogP contribution in [0.3, 0.4) is 0 Å². The molecule has 2 aromatic carbocycles. The van der Waals surface area contributed by atoms with E-state index in [-0.39, 0.29) is 27.6 Å². The van der Waals surface area contributed by atoms with Crippen LogP contribution < -0.4 is 9.46 Å². The van der Waals surface area contributed by atoms with Crippen LogP contribution in [0.2, 0.25) is 0 Å². The summed E-state index contributed by atoms with van der Waals surface area (Å²) in [5.74, 6) is -0.481. The lowest BCUT2D eigenvalue weighted by molar-refractivity contribution is 0.0599. The zero-order chi connectivity index (χ0) is 23.3. The lowest BCUT2D eigenvalue weighted by Crippen LogP contribution is -2.32. The van der Waals surface area contributed by atoms with Crippen LogP contribution in [0, 0.1) is 6.92 Å². The number of carbonyl (C=O) groups is 2. The van der Waals surface area contributed by atoms with Crippen molar-refractivity contribution in [2.75, 3.05) is 32.0 Å². The van der Waals surface area contributed by atoms with Crippen molar-refractivity contribution in [3.8, 4) is 5.75 Å². The molecule has 0 radical (unpaired) electrons. The van der Waals surface area contributed by atoms with Crippen LogP contribution in [0.25, 0.3) is 0 Å². The van der Waals surface area contributed by atoms with Crippen LogP contribution in [0.5, 0.6) is 5.75 Å². The molecule has 1 amide bonds. The molecule has 0 aromatic heterocycles. The van der Waals surface area contributed by atoms with Gasteiger partial charge in [-0.2, -0.15) is 0 Å². The first-order chi connectivity index (χ1) is 15.3. The highest BCUT2D eigenvalue weighted by Gasteiger charge is 2.25. The molecule has 1 N–H and O–H groups in total. The zero-order valence-electron chi connectivity index (χ0n) is 18.5. The van der Waals surface area contributed by atoms with Crippen molar-refractivity contribution in [1.29, 1.82) is 0 Å². The van der Waals surface area contributed by atoms with E-state index in [1.54, 1.807) is 30.0 Å². The molecule has 0 unspecified atom stereocenters. The zero-order valence-corrected chi connectivity index (χ0v) is 19.3. The van der Waals surface area contributed by atoms with E-state index in [1.807, 2.05) is 0 Å². The summed E-state index contributed by atoms with van der Waals surface area (Å²) in [5.41, 5.74) is 1.16. The van der Waals surface area contributed by atoms with Crippen molar-refractivity contribution in [3.63, 3.8) is 0 Å². The first-order valence-corrected chi connectivity index (χ1v) is 11.9. The molecular weight excluding hydrogens is 432 g/mol. The Bertz CT molecular complexity index is 1110. The Labute approximate surface area is 188 Å². The van der Waals surface area contributed by atoms with Gasteiger partial charge in [-0.1, -0.05) is 18.9 Å². The summed E-state index contributed by atoms with van der Waals surface area (Å²) in [6.45, 7) is 2.90. The maximum atomic E-state index is 13.2. The van der Waals surface area contributed by atoms with Crippen molar-refractivity contribution in [3.05, 3.63) is 53.1 Å². The summed E-state index contributed by atoms with van der Waals surface area (Å²) in [4.78, 5) is 26.8. The summed E-state index contributed by atoms with van der Waals surface area (Å²) in [6, 6.07) is 8.90. The Morgan fingerprint density at radius 2 is 1.66 bits per heavy atom. The third-order valence-corrected chi connectivity index (χ3v) is 6.95. The third-order valence-electron chi connectivity index (χ3n) is 5.59. The van der Waals surface area contributed by atoms with Gasteiger partial charge in [0.05, 0.1) is 35.9 Å². The van der Waals surface area contributed by atoms with Gasteiger partial charge in [0.2, 0.25) is 0 Å². The van der Waals surface area contributed by atoms with E-state index in [0.29, 0.717) is 24.4 Å². The summed E-state index contributed by atoms with van der Waals surface area (Å²) in [5, 5.41) is 0. The van der Waals surface area contributed by atoms with Crippen molar-refractivity contribution in [1.82, 2.24) is 4.90 Å². The normalized spacial score (nSPS) is 14.4. The number of amides is 1. The second-order valence-corrected chi connectivity index (χ2v) is 9.33. The number of nitrogens with zero attached hydrogens (tertiary/aromatic N) is 1. The van der Waals surface area contributed by atoms with Gasteiger partial charge in [-0.25, -0.2) is 13.2 Å². The van der Waals surface area contributed by atoms with E-state index in [0.717, 1.165) is 25.7 Å². The molecule has 1 heterocycles. The third kappa shape index (κ3) is 5.04. The number of likely N-dealkylation sites (tertiary alicyclic amines) is 1. The molecule has 0 aliphatic carbocycles. The van der Waals surface area contributed by atoms with Crippen molar-refractivity contribution in [2.24, 2.45) is 0 Å². The largest absolute Gasteiger partial charge is 0.496 e. The molecule has 1 aliphatic heterocycles. The summed E-state index contributed by atoms with van der Waals surface area (Å²) >= 11 is 0. The van der Waals surface area contributed by atoms with Crippen molar-refractivity contribution in [2.45, 2.75) is 37.5 Å². The molecule has 1 aliphatic rings. The van der Waals surface area contributed by atoms with Crippen LogP contribution in [-0.2, 0) is 14.8 Å². The minimum Gasteiger partial charge on any atom is -0.496 e. The van der Waals surface area contributed by atoms with Gasteiger partial charge >= 0.3 is 5.97 Å². The number of hydrogen-bond donors (Lipinski definition) is 1. The van der Waals surface area contributed by atoms with Crippen LogP contribution in [0.1, 0.15) is 52.0 Å². The van der Waals surface area contributed by atoms with Gasteiger partial charge in [0, 0.05) is 13.1 Å². The van der Waals surface area contributed by atoms with Gasteiger partial charge < -0.3 is 14.4 Å². The number of benzene rings is 2. The Balaban J connectivity index is 1.94. The highest BCUT2D eigenvalue weighted by atomic mass is 32.2. The molecule has 0 spiro atoms. The molecule has 0 saturated carbocycles. The number of methoxy groups -OCH3 is 2. The maximum absolute atomic E-state index is 13.2. The SMILES string of the molecule is COC(=O)c1cccc(NS(=O)(=O)c2ccc(OC)c(C(=O)N3CCCCCC3)c2)c1C. The number of rotatable bonds is 6. The van der Waals surface area contributed by atoms with E-state index in [2.05, 4.69) is 4.72 Å². The first-order valence-electron chi connectivity index (χ1n) is 10.5. The Hall–Kier alpha value is -3.07. The van der Waals surface area contributed by atoms with Crippen LogP contribution >= 0.6 is 0 Å². The smallest absolute Gasteiger partial charge is 0.338 e. The van der Waals surface area contributed by atoms with Crippen LogP contribution in [-0.4, -0.2) is 52.5 Å². The number of ether oxygens (including phenoxy) is 2. The van der Waals surface area contributed by atoms with Gasteiger partial charge in [0.25, 0.3) is 15.9 Å². The number of carbonyl (C=O) groups excluding carboxylic acids is 2. The lowest BCUT2D eigenvalue weighted by Gasteiger charge is -2.22. The second kappa shape index (κ2) is 10.0. The van der Waals surface area contributed by atoms with E-state index in [4.69, 9.17) is 9.47 Å². The fraction of sp³-hybridized carbons (Fsp3) is 0.391. The molecule has 0 atom stereocenters. The van der Waals surface area contributed by atoms with E-state index in [9.17, 15) is 18.0 Å². The van der Waals surface area contributed by atoms with Gasteiger partial charge in [-0.3, -0.25) is 9.52 Å². The average molecular weight is 461 g/mol. The summed E-state index contributed by atoms with van der Waals surface area (Å²) in [6.07, 6.45) is 3.99. The number of sulfonamides is 1. The molecular formula is C23H28N2O6S. The van der Waals surface area contributed by atoms with Gasteiger partial charge in [0.1, 0.15) is 5.75 Å². The molecule has 9 heteroatoms. The van der Waals surface area contributed by atoms with Gasteiger partial charge in [0.15, 0.2) is 0 Å². The van der Waals surface area contributed by atoms with Gasteiger partial charge in [-0.05, 0) is 55.7 Å². The Morgan fingerprint density at radius 3 is 2.28 bits per heavy atom. The highest BCUT2D eigenvalue weighted by Crippen LogP contribution is 2.28.